The average Bonchev–Trinajstić information content (AvgIpc) is 2.53. The van der Waals surface area contributed by atoms with Crippen molar-refractivity contribution in [2.45, 2.75) is 45.4 Å². The summed E-state index contributed by atoms with van der Waals surface area (Å²) in [6.45, 7) is 1.75. The molecule has 4 nitrogen and oxygen atoms in total. The molecule has 1 unspecified atom stereocenters. The molecular weight excluding hydrogens is 280 g/mol. The van der Waals surface area contributed by atoms with Crippen molar-refractivity contribution in [2.24, 2.45) is 5.41 Å². The van der Waals surface area contributed by atoms with Gasteiger partial charge in [0.1, 0.15) is 5.41 Å². The van der Waals surface area contributed by atoms with E-state index < -0.39 is 17.4 Å². The van der Waals surface area contributed by atoms with Gasteiger partial charge in [0.15, 0.2) is 0 Å². The number of hydrogen-bond acceptors (Lipinski definition) is 2. The number of carbonyl (C=O) groups is 2. The van der Waals surface area contributed by atoms with Crippen LogP contribution < -0.4 is 0 Å². The molecule has 0 aliphatic heterocycles. The minimum absolute atomic E-state index is 0.121. The first kappa shape index (κ1) is 16.3. The van der Waals surface area contributed by atoms with Gasteiger partial charge < -0.3 is 10.2 Å². The molecule has 4 heteroatoms. The molecule has 0 spiro atoms. The van der Waals surface area contributed by atoms with E-state index in [2.05, 4.69) is 0 Å². The Morgan fingerprint density at radius 3 is 2.45 bits per heavy atom. The molecule has 2 N–H and O–H groups in total. The van der Waals surface area contributed by atoms with E-state index in [0.29, 0.717) is 12.0 Å². The molecule has 1 atom stereocenters. The van der Waals surface area contributed by atoms with Gasteiger partial charge in [-0.3, -0.25) is 4.79 Å². The molecule has 2 rings (SSSR count). The average molecular weight is 302 g/mol. The summed E-state index contributed by atoms with van der Waals surface area (Å²) in [5.74, 6) is -1.98. The Hall–Kier alpha value is -2.10. The Morgan fingerprint density at radius 1 is 1.23 bits per heavy atom. The Bertz CT molecular complexity index is 584. The van der Waals surface area contributed by atoms with Crippen LogP contribution in [0, 0.1) is 5.41 Å². The minimum atomic E-state index is -1.15. The molecule has 2 aliphatic rings. The number of carboxylic acids is 2. The molecule has 0 amide bonds. The first-order valence-corrected chi connectivity index (χ1v) is 7.72. The zero-order valence-electron chi connectivity index (χ0n) is 12.8. The molecule has 0 radical (unpaired) electrons. The van der Waals surface area contributed by atoms with Gasteiger partial charge in [0.05, 0.1) is 5.57 Å². The number of carboxylic acid groups (broad SMARTS) is 2. The normalized spacial score (nSPS) is 26.7. The highest BCUT2D eigenvalue weighted by molar-refractivity contribution is 5.94. The summed E-state index contributed by atoms with van der Waals surface area (Å²) in [5, 5.41) is 18.8. The van der Waals surface area contributed by atoms with Gasteiger partial charge in [0.2, 0.25) is 0 Å². The molecule has 118 valence electrons. The van der Waals surface area contributed by atoms with Crippen LogP contribution in [-0.2, 0) is 9.59 Å². The first-order valence-electron chi connectivity index (χ1n) is 7.72. The van der Waals surface area contributed by atoms with Crippen LogP contribution in [0.2, 0.25) is 0 Å². The van der Waals surface area contributed by atoms with Crippen LogP contribution in [0.3, 0.4) is 0 Å². The van der Waals surface area contributed by atoms with Crippen molar-refractivity contribution in [2.75, 3.05) is 0 Å². The summed E-state index contributed by atoms with van der Waals surface area (Å²) in [6, 6.07) is 0. The van der Waals surface area contributed by atoms with E-state index in [1.165, 1.54) is 43.1 Å². The lowest BCUT2D eigenvalue weighted by molar-refractivity contribution is -0.144. The minimum Gasteiger partial charge on any atom is -0.480 e. The highest BCUT2D eigenvalue weighted by Gasteiger charge is 2.40. The van der Waals surface area contributed by atoms with E-state index in [0.717, 1.165) is 12.8 Å². The fourth-order valence-electron chi connectivity index (χ4n) is 3.13. The van der Waals surface area contributed by atoms with Gasteiger partial charge in [-0.05, 0) is 50.7 Å². The summed E-state index contributed by atoms with van der Waals surface area (Å²) in [5.41, 5.74) is 0.824. The molecule has 0 heterocycles. The Labute approximate surface area is 130 Å². The van der Waals surface area contributed by atoms with Gasteiger partial charge in [-0.25, -0.2) is 4.79 Å². The number of hydrogen-bond donors (Lipinski definition) is 2. The van der Waals surface area contributed by atoms with E-state index in [1.807, 2.05) is 6.08 Å². The fraction of sp³-hybridized carbons (Fsp3) is 0.444. The largest absolute Gasteiger partial charge is 0.480 e. The molecule has 1 saturated carbocycles. The molecular formula is C18H22O4. The van der Waals surface area contributed by atoms with E-state index in [4.69, 9.17) is 5.11 Å². The zero-order valence-corrected chi connectivity index (χ0v) is 12.8. The van der Waals surface area contributed by atoms with Crippen molar-refractivity contribution in [1.82, 2.24) is 0 Å². The molecule has 0 aromatic heterocycles. The second kappa shape index (κ2) is 6.77. The molecule has 0 saturated heterocycles. The summed E-state index contributed by atoms with van der Waals surface area (Å²) >= 11 is 0. The van der Waals surface area contributed by atoms with Crippen LogP contribution >= 0.6 is 0 Å². The van der Waals surface area contributed by atoms with Crippen molar-refractivity contribution < 1.29 is 19.8 Å². The number of allylic oxidation sites excluding steroid dienone is 4. The monoisotopic (exact) mass is 302 g/mol. The summed E-state index contributed by atoms with van der Waals surface area (Å²) in [7, 11) is 0. The van der Waals surface area contributed by atoms with Crippen LogP contribution in [0.15, 0.2) is 47.1 Å². The van der Waals surface area contributed by atoms with E-state index in [-0.39, 0.29) is 5.57 Å². The Balaban J connectivity index is 2.31. The lowest BCUT2D eigenvalue weighted by atomic mass is 9.72. The van der Waals surface area contributed by atoms with Gasteiger partial charge >= 0.3 is 11.9 Å². The maximum atomic E-state index is 11.9. The maximum absolute atomic E-state index is 11.9. The van der Waals surface area contributed by atoms with Crippen molar-refractivity contribution in [3.05, 3.63) is 47.1 Å². The third kappa shape index (κ3) is 3.21. The zero-order chi connectivity index (χ0) is 16.2. The number of aliphatic carboxylic acids is 2. The molecule has 1 fully saturated rings. The maximum Gasteiger partial charge on any atom is 0.335 e. The standard InChI is InChI=1S/C18H22O4/c1-2-15-12-14(16(19)20)9-11-18(15,17(21)22)10-8-13-6-4-3-5-7-13/h2,8-9,11-12H,3-7,10H2,1H3,(H,19,20)(H,21,22). The van der Waals surface area contributed by atoms with Gasteiger partial charge in [0.25, 0.3) is 0 Å². The first-order chi connectivity index (χ1) is 10.5. The lowest BCUT2D eigenvalue weighted by Crippen LogP contribution is -2.32. The summed E-state index contributed by atoms with van der Waals surface area (Å²) in [4.78, 5) is 23.0. The molecule has 0 aromatic rings. The van der Waals surface area contributed by atoms with E-state index in [1.54, 1.807) is 13.0 Å². The molecule has 22 heavy (non-hydrogen) atoms. The molecule has 0 bridgehead atoms. The Morgan fingerprint density at radius 2 is 1.91 bits per heavy atom. The highest BCUT2D eigenvalue weighted by Crippen LogP contribution is 2.40. The van der Waals surface area contributed by atoms with Gasteiger partial charge in [-0.1, -0.05) is 36.3 Å². The van der Waals surface area contributed by atoms with Crippen LogP contribution in [-0.4, -0.2) is 22.2 Å². The summed E-state index contributed by atoms with van der Waals surface area (Å²) in [6.07, 6.45) is 14.2. The van der Waals surface area contributed by atoms with Crippen molar-refractivity contribution >= 4 is 11.9 Å². The smallest absolute Gasteiger partial charge is 0.335 e. The topological polar surface area (TPSA) is 74.6 Å². The second-order valence-corrected chi connectivity index (χ2v) is 5.89. The van der Waals surface area contributed by atoms with E-state index in [9.17, 15) is 14.7 Å². The van der Waals surface area contributed by atoms with Crippen LogP contribution in [0.1, 0.15) is 45.4 Å². The van der Waals surface area contributed by atoms with Crippen molar-refractivity contribution in [3.63, 3.8) is 0 Å². The lowest BCUT2D eigenvalue weighted by Gasteiger charge is -2.30. The molecule has 0 aromatic carbocycles. The summed E-state index contributed by atoms with van der Waals surface area (Å²) < 4.78 is 0. The quantitative estimate of drug-likeness (QED) is 0.773. The fourth-order valence-corrected chi connectivity index (χ4v) is 3.13. The highest BCUT2D eigenvalue weighted by atomic mass is 16.4. The van der Waals surface area contributed by atoms with Gasteiger partial charge in [-0.2, -0.15) is 0 Å². The van der Waals surface area contributed by atoms with E-state index >= 15 is 0 Å². The SMILES string of the molecule is CC=C1C=C(C(=O)O)C=CC1(CC=C1CCCCC1)C(=O)O. The van der Waals surface area contributed by atoms with Crippen LogP contribution in [0.4, 0.5) is 0 Å². The van der Waals surface area contributed by atoms with Crippen molar-refractivity contribution in [1.29, 1.82) is 0 Å². The van der Waals surface area contributed by atoms with Crippen molar-refractivity contribution in [3.8, 4) is 0 Å². The molecule has 2 aliphatic carbocycles. The van der Waals surface area contributed by atoms with Crippen LogP contribution in [0.25, 0.3) is 0 Å². The van der Waals surface area contributed by atoms with Gasteiger partial charge in [-0.15, -0.1) is 0 Å². The van der Waals surface area contributed by atoms with Gasteiger partial charge in [0, 0.05) is 0 Å². The Kier molecular flexibility index (Phi) is 5.01. The third-order valence-electron chi connectivity index (χ3n) is 4.52. The van der Waals surface area contributed by atoms with Crippen LogP contribution in [0.5, 0.6) is 0 Å². The third-order valence-corrected chi connectivity index (χ3v) is 4.52. The second-order valence-electron chi connectivity index (χ2n) is 5.89. The predicted octanol–water partition coefficient (Wildman–Crippen LogP) is 3.87. The number of rotatable bonds is 4. The predicted molar refractivity (Wildman–Crippen MR) is 84.5 cm³/mol.